The number of aliphatic hydroxyl groups excluding tert-OH is 1. The van der Waals surface area contributed by atoms with E-state index >= 15 is 0 Å². The van der Waals surface area contributed by atoms with Crippen LogP contribution in [0.3, 0.4) is 0 Å². The maximum Gasteiger partial charge on any atom is 0.241 e. The third kappa shape index (κ3) is 4.39. The van der Waals surface area contributed by atoms with Crippen LogP contribution in [0, 0.1) is 5.92 Å². The standard InChI is InChI=1S/C26H36N2O5/c1-3-21(29)18-12-14-27(15-13-18)23(30)16-26(20-10-6-7-11-22(20)33-2)17-24(31)28(25(26)32)19-8-4-5-9-19/h6-7,10-11,18-19,21,29H,3-5,8-9,12-17H2,1-2H3. The van der Waals surface area contributed by atoms with E-state index in [1.807, 2.05) is 25.1 Å². The van der Waals surface area contributed by atoms with E-state index in [4.69, 9.17) is 4.74 Å². The number of piperidine rings is 1. The predicted molar refractivity (Wildman–Crippen MR) is 124 cm³/mol. The number of hydrogen-bond acceptors (Lipinski definition) is 5. The number of imide groups is 1. The van der Waals surface area contributed by atoms with Crippen molar-refractivity contribution in [2.45, 2.75) is 82.3 Å². The van der Waals surface area contributed by atoms with E-state index in [1.165, 1.54) is 4.90 Å². The number of benzene rings is 1. The van der Waals surface area contributed by atoms with Crippen LogP contribution < -0.4 is 4.74 Å². The van der Waals surface area contributed by atoms with Gasteiger partial charge in [-0.2, -0.15) is 0 Å². The Morgan fingerprint density at radius 3 is 2.45 bits per heavy atom. The summed E-state index contributed by atoms with van der Waals surface area (Å²) in [5.41, 5.74) is -0.612. The van der Waals surface area contributed by atoms with Gasteiger partial charge in [0.05, 0.1) is 18.6 Å². The van der Waals surface area contributed by atoms with Crippen molar-refractivity contribution < 1.29 is 24.2 Å². The first-order chi connectivity index (χ1) is 15.9. The van der Waals surface area contributed by atoms with Crippen molar-refractivity contribution in [2.24, 2.45) is 5.92 Å². The SMILES string of the molecule is CCC(O)C1CCN(C(=O)CC2(c3ccccc3OC)CC(=O)N(C3CCCC3)C2=O)CC1. The Kier molecular flexibility index (Phi) is 7.07. The van der Waals surface area contributed by atoms with Crippen molar-refractivity contribution in [2.75, 3.05) is 20.2 Å². The molecular formula is C26H36N2O5. The van der Waals surface area contributed by atoms with Crippen LogP contribution in [-0.2, 0) is 19.8 Å². The molecule has 2 heterocycles. The van der Waals surface area contributed by atoms with Gasteiger partial charge in [0.2, 0.25) is 17.7 Å². The first kappa shape index (κ1) is 23.7. The zero-order valence-corrected chi connectivity index (χ0v) is 19.8. The average Bonchev–Trinajstić information content (AvgIpc) is 3.45. The summed E-state index contributed by atoms with van der Waals surface area (Å²) in [6.07, 6.45) is 5.54. The second-order valence-electron chi connectivity index (χ2n) is 9.84. The minimum absolute atomic E-state index is 0.000535. The lowest BCUT2D eigenvalue weighted by atomic mass is 9.75. The molecule has 33 heavy (non-hydrogen) atoms. The van der Waals surface area contributed by atoms with Crippen molar-refractivity contribution in [1.82, 2.24) is 9.80 Å². The van der Waals surface area contributed by atoms with Crippen LogP contribution in [0.15, 0.2) is 24.3 Å². The summed E-state index contributed by atoms with van der Waals surface area (Å²) in [6, 6.07) is 7.20. The van der Waals surface area contributed by atoms with Crippen LogP contribution in [0.25, 0.3) is 0 Å². The zero-order valence-electron chi connectivity index (χ0n) is 19.8. The highest BCUT2D eigenvalue weighted by atomic mass is 16.5. The maximum absolute atomic E-state index is 13.9. The number of carbonyl (C=O) groups is 3. The molecule has 3 aliphatic rings. The van der Waals surface area contributed by atoms with E-state index in [-0.39, 0.29) is 48.6 Å². The van der Waals surface area contributed by atoms with E-state index in [1.54, 1.807) is 18.1 Å². The Labute approximate surface area is 196 Å². The monoisotopic (exact) mass is 456 g/mol. The molecule has 180 valence electrons. The van der Waals surface area contributed by atoms with Crippen molar-refractivity contribution in [3.8, 4) is 5.75 Å². The van der Waals surface area contributed by atoms with Gasteiger partial charge in [-0.25, -0.2) is 0 Å². The molecule has 2 atom stereocenters. The molecule has 7 nitrogen and oxygen atoms in total. The smallest absolute Gasteiger partial charge is 0.241 e. The van der Waals surface area contributed by atoms with Gasteiger partial charge in [-0.15, -0.1) is 0 Å². The first-order valence-corrected chi connectivity index (χ1v) is 12.4. The number of likely N-dealkylation sites (tertiary alicyclic amines) is 2. The van der Waals surface area contributed by atoms with Gasteiger partial charge in [-0.3, -0.25) is 19.3 Å². The molecule has 2 aliphatic heterocycles. The third-order valence-electron chi connectivity index (χ3n) is 7.97. The van der Waals surface area contributed by atoms with Crippen molar-refractivity contribution in [3.63, 3.8) is 0 Å². The molecule has 1 aliphatic carbocycles. The summed E-state index contributed by atoms with van der Waals surface area (Å²) in [6.45, 7) is 3.10. The molecule has 4 rings (SSSR count). The van der Waals surface area contributed by atoms with Crippen LogP contribution in [-0.4, -0.2) is 65.0 Å². The Bertz CT molecular complexity index is 888. The Balaban J connectivity index is 1.62. The van der Waals surface area contributed by atoms with E-state index in [0.29, 0.717) is 30.8 Å². The Morgan fingerprint density at radius 2 is 1.82 bits per heavy atom. The fourth-order valence-electron chi connectivity index (χ4n) is 6.02. The highest BCUT2D eigenvalue weighted by molar-refractivity contribution is 6.11. The lowest BCUT2D eigenvalue weighted by Crippen LogP contribution is -2.47. The second-order valence-corrected chi connectivity index (χ2v) is 9.84. The molecule has 7 heteroatoms. The van der Waals surface area contributed by atoms with Crippen LogP contribution in [0.4, 0.5) is 0 Å². The molecular weight excluding hydrogens is 420 g/mol. The molecule has 0 radical (unpaired) electrons. The predicted octanol–water partition coefficient (Wildman–Crippen LogP) is 3.03. The van der Waals surface area contributed by atoms with Crippen molar-refractivity contribution in [1.29, 1.82) is 0 Å². The summed E-state index contributed by atoms with van der Waals surface area (Å²) in [4.78, 5) is 43.9. The van der Waals surface area contributed by atoms with Gasteiger partial charge in [-0.1, -0.05) is 38.0 Å². The molecule has 1 aromatic rings. The second kappa shape index (κ2) is 9.84. The molecule has 3 amide bonds. The largest absolute Gasteiger partial charge is 0.496 e. The summed E-state index contributed by atoms with van der Waals surface area (Å²) >= 11 is 0. The maximum atomic E-state index is 13.9. The number of carbonyl (C=O) groups excluding carboxylic acids is 3. The highest BCUT2D eigenvalue weighted by Gasteiger charge is 2.57. The summed E-state index contributed by atoms with van der Waals surface area (Å²) in [7, 11) is 1.55. The molecule has 0 aromatic heterocycles. The summed E-state index contributed by atoms with van der Waals surface area (Å²) in [5, 5.41) is 10.2. The molecule has 3 fully saturated rings. The fraction of sp³-hybridized carbons (Fsp3) is 0.654. The van der Waals surface area contributed by atoms with Crippen molar-refractivity contribution in [3.05, 3.63) is 29.8 Å². The number of methoxy groups -OCH3 is 1. The Morgan fingerprint density at radius 1 is 1.15 bits per heavy atom. The van der Waals surface area contributed by atoms with Gasteiger partial charge in [-0.05, 0) is 44.1 Å². The van der Waals surface area contributed by atoms with Crippen LogP contribution in [0.5, 0.6) is 5.75 Å². The topological polar surface area (TPSA) is 87.2 Å². The fourth-order valence-corrected chi connectivity index (χ4v) is 6.02. The lowest BCUT2D eigenvalue weighted by molar-refractivity contribution is -0.145. The van der Waals surface area contributed by atoms with E-state index in [9.17, 15) is 19.5 Å². The van der Waals surface area contributed by atoms with Gasteiger partial charge >= 0.3 is 0 Å². The number of ether oxygens (including phenoxy) is 1. The number of para-hydroxylation sites is 1. The first-order valence-electron chi connectivity index (χ1n) is 12.4. The summed E-state index contributed by atoms with van der Waals surface area (Å²) in [5.74, 6) is 0.183. The lowest BCUT2D eigenvalue weighted by Gasteiger charge is -2.36. The molecule has 1 aromatic carbocycles. The molecule has 2 saturated heterocycles. The van der Waals surface area contributed by atoms with Gasteiger partial charge in [0, 0.05) is 37.5 Å². The molecule has 0 bridgehead atoms. The number of nitrogens with zero attached hydrogens (tertiary/aromatic N) is 2. The molecule has 2 unspecified atom stereocenters. The quantitative estimate of drug-likeness (QED) is 0.638. The van der Waals surface area contributed by atoms with E-state index in [0.717, 1.165) is 38.5 Å². The average molecular weight is 457 g/mol. The third-order valence-corrected chi connectivity index (χ3v) is 7.97. The van der Waals surface area contributed by atoms with Crippen LogP contribution in [0.1, 0.15) is 70.3 Å². The minimum atomic E-state index is -1.23. The van der Waals surface area contributed by atoms with Gasteiger partial charge in [0.25, 0.3) is 0 Å². The normalized spacial score (nSPS) is 25.7. The van der Waals surface area contributed by atoms with Crippen LogP contribution >= 0.6 is 0 Å². The van der Waals surface area contributed by atoms with Gasteiger partial charge < -0.3 is 14.7 Å². The van der Waals surface area contributed by atoms with E-state index in [2.05, 4.69) is 0 Å². The van der Waals surface area contributed by atoms with Gasteiger partial charge in [0.1, 0.15) is 5.75 Å². The molecule has 0 spiro atoms. The number of amides is 3. The minimum Gasteiger partial charge on any atom is -0.496 e. The zero-order chi connectivity index (χ0) is 23.6. The number of hydrogen-bond donors (Lipinski definition) is 1. The molecule has 1 N–H and O–H groups in total. The Hall–Kier alpha value is -2.41. The molecule has 1 saturated carbocycles. The number of rotatable bonds is 7. The summed E-state index contributed by atoms with van der Waals surface area (Å²) < 4.78 is 5.57. The van der Waals surface area contributed by atoms with Crippen LogP contribution in [0.2, 0.25) is 0 Å². The number of aliphatic hydroxyl groups is 1. The highest BCUT2D eigenvalue weighted by Crippen LogP contribution is 2.46. The van der Waals surface area contributed by atoms with E-state index < -0.39 is 5.41 Å². The van der Waals surface area contributed by atoms with Crippen molar-refractivity contribution >= 4 is 17.7 Å². The van der Waals surface area contributed by atoms with Gasteiger partial charge in [0.15, 0.2) is 0 Å².